The average molecular weight is 249 g/mol. The summed E-state index contributed by atoms with van der Waals surface area (Å²) in [6.45, 7) is 2.11. The van der Waals surface area contributed by atoms with Crippen LogP contribution in [0.1, 0.15) is 24.0 Å². The third-order valence-corrected chi connectivity index (χ3v) is 3.23. The van der Waals surface area contributed by atoms with E-state index in [1.807, 2.05) is 0 Å². The molecule has 0 aliphatic carbocycles. The van der Waals surface area contributed by atoms with E-state index in [-0.39, 0.29) is 12.5 Å². The number of nitrogens with zero attached hydrogens (tertiary/aromatic N) is 1. The van der Waals surface area contributed by atoms with Crippen LogP contribution >= 0.6 is 0 Å². The van der Waals surface area contributed by atoms with Crippen molar-refractivity contribution in [1.29, 1.82) is 0 Å². The number of ether oxygens (including phenoxy) is 1. The zero-order chi connectivity index (χ0) is 13.3. The van der Waals surface area contributed by atoms with Crippen LogP contribution < -0.4 is 4.74 Å². The Hall–Kier alpha value is -2.04. The molecule has 0 aromatic heterocycles. The number of hydrogen-bond donors (Lipinski definition) is 1. The summed E-state index contributed by atoms with van der Waals surface area (Å²) in [4.78, 5) is 24.2. The quantitative estimate of drug-likeness (QED) is 0.856. The second-order valence-electron chi connectivity index (χ2n) is 4.36. The Kier molecular flexibility index (Phi) is 3.23. The number of carbonyl (C=O) groups is 2. The molecular formula is C13H15NO4. The van der Waals surface area contributed by atoms with Gasteiger partial charge in [-0.2, -0.15) is 0 Å². The van der Waals surface area contributed by atoms with E-state index in [1.165, 1.54) is 6.92 Å². The van der Waals surface area contributed by atoms with E-state index in [4.69, 9.17) is 4.74 Å². The van der Waals surface area contributed by atoms with Crippen LogP contribution in [0, 0.1) is 0 Å². The fraction of sp³-hybridized carbons (Fsp3) is 0.385. The predicted molar refractivity (Wildman–Crippen MR) is 64.5 cm³/mol. The van der Waals surface area contributed by atoms with E-state index < -0.39 is 11.9 Å². The molecule has 5 nitrogen and oxygen atoms in total. The maximum atomic E-state index is 11.4. The van der Waals surface area contributed by atoms with Crippen LogP contribution in [0.5, 0.6) is 5.75 Å². The molecule has 1 atom stereocenters. The van der Waals surface area contributed by atoms with E-state index in [0.717, 1.165) is 11.1 Å². The van der Waals surface area contributed by atoms with Gasteiger partial charge in [-0.25, -0.2) is 0 Å². The van der Waals surface area contributed by atoms with Crippen LogP contribution in [0.2, 0.25) is 0 Å². The summed E-state index contributed by atoms with van der Waals surface area (Å²) in [5, 5.41) is 9.24. The molecule has 96 valence electrons. The molecule has 0 spiro atoms. The number of carboxylic acids is 1. The highest BCUT2D eigenvalue weighted by atomic mass is 16.5. The molecule has 0 fully saturated rings. The number of aliphatic carboxylic acids is 1. The first kappa shape index (κ1) is 12.4. The summed E-state index contributed by atoms with van der Waals surface area (Å²) in [6, 6.07) is 5.31. The zero-order valence-electron chi connectivity index (χ0n) is 10.3. The molecule has 1 aromatic rings. The molecule has 1 N–H and O–H groups in total. The lowest BCUT2D eigenvalue weighted by atomic mass is 9.89. The van der Waals surface area contributed by atoms with Gasteiger partial charge in [0.25, 0.3) is 0 Å². The summed E-state index contributed by atoms with van der Waals surface area (Å²) in [7, 11) is 1.56. The molecule has 0 saturated carbocycles. The van der Waals surface area contributed by atoms with Gasteiger partial charge in [0, 0.05) is 20.0 Å². The lowest BCUT2D eigenvalue weighted by Gasteiger charge is -2.32. The van der Waals surface area contributed by atoms with Gasteiger partial charge in [-0.05, 0) is 23.3 Å². The zero-order valence-corrected chi connectivity index (χ0v) is 10.3. The van der Waals surface area contributed by atoms with Gasteiger partial charge in [0.15, 0.2) is 0 Å². The lowest BCUT2D eigenvalue weighted by molar-refractivity contribution is -0.141. The van der Waals surface area contributed by atoms with E-state index in [1.54, 1.807) is 30.2 Å². The molecule has 18 heavy (non-hydrogen) atoms. The van der Waals surface area contributed by atoms with Crippen molar-refractivity contribution in [3.8, 4) is 5.75 Å². The first-order valence-corrected chi connectivity index (χ1v) is 5.68. The highest BCUT2D eigenvalue weighted by molar-refractivity contribution is 5.80. The van der Waals surface area contributed by atoms with Crippen molar-refractivity contribution in [1.82, 2.24) is 4.90 Å². The monoisotopic (exact) mass is 249 g/mol. The molecule has 0 saturated heterocycles. The first-order valence-electron chi connectivity index (χ1n) is 5.68. The normalized spacial score (nSPS) is 18.1. The number of hydrogen-bond acceptors (Lipinski definition) is 3. The minimum absolute atomic E-state index is 0.116. The van der Waals surface area contributed by atoms with E-state index >= 15 is 0 Å². The number of rotatable bonds is 2. The maximum absolute atomic E-state index is 11.4. The van der Waals surface area contributed by atoms with Crippen molar-refractivity contribution >= 4 is 11.9 Å². The van der Waals surface area contributed by atoms with Crippen molar-refractivity contribution in [3.63, 3.8) is 0 Å². The molecular weight excluding hydrogens is 234 g/mol. The van der Waals surface area contributed by atoms with Gasteiger partial charge in [-0.1, -0.05) is 6.07 Å². The minimum Gasteiger partial charge on any atom is -0.497 e. The summed E-state index contributed by atoms with van der Waals surface area (Å²) in [5.41, 5.74) is 1.60. The van der Waals surface area contributed by atoms with Crippen LogP contribution in [0.4, 0.5) is 0 Å². The lowest BCUT2D eigenvalue weighted by Crippen LogP contribution is -2.39. The van der Waals surface area contributed by atoms with Crippen molar-refractivity contribution in [2.24, 2.45) is 0 Å². The molecule has 1 aliphatic heterocycles. The average Bonchev–Trinajstić information content (AvgIpc) is 2.36. The number of methoxy groups -OCH3 is 1. The maximum Gasteiger partial charge on any atom is 0.312 e. The molecule has 0 bridgehead atoms. The molecule has 5 heteroatoms. The SMILES string of the molecule is COc1ccc2c(c1)CN(C(C)=O)CC2C(=O)O. The summed E-state index contributed by atoms with van der Waals surface area (Å²) in [6.07, 6.45) is 0. The number of fused-ring (bicyclic) bond motifs is 1. The third kappa shape index (κ3) is 2.16. The highest BCUT2D eigenvalue weighted by Crippen LogP contribution is 2.31. The molecule has 0 radical (unpaired) electrons. The number of benzene rings is 1. The van der Waals surface area contributed by atoms with Gasteiger partial charge in [0.05, 0.1) is 13.0 Å². The van der Waals surface area contributed by atoms with Crippen LogP contribution in [0.3, 0.4) is 0 Å². The first-order chi connectivity index (χ1) is 8.52. The number of carboxylic acid groups (broad SMARTS) is 1. The molecule has 1 aromatic carbocycles. The number of amides is 1. The molecule has 1 amide bonds. The van der Waals surface area contributed by atoms with E-state index in [2.05, 4.69) is 0 Å². The Labute approximate surface area is 105 Å². The van der Waals surface area contributed by atoms with E-state index in [0.29, 0.717) is 12.3 Å². The molecule has 1 aliphatic rings. The summed E-state index contributed by atoms with van der Waals surface area (Å²) in [5.74, 6) is -1.02. The third-order valence-electron chi connectivity index (χ3n) is 3.23. The van der Waals surface area contributed by atoms with Gasteiger partial charge >= 0.3 is 5.97 Å². The topological polar surface area (TPSA) is 66.8 Å². The number of carbonyl (C=O) groups excluding carboxylic acids is 1. The molecule has 1 unspecified atom stereocenters. The second kappa shape index (κ2) is 4.68. The highest BCUT2D eigenvalue weighted by Gasteiger charge is 2.31. The standard InChI is InChI=1S/C13H15NO4/c1-8(15)14-6-9-5-10(18-2)3-4-11(9)12(7-14)13(16)17/h3-5,12H,6-7H2,1-2H3,(H,16,17). The molecule has 1 heterocycles. The fourth-order valence-electron chi connectivity index (χ4n) is 2.23. The van der Waals surface area contributed by atoms with Crippen LogP contribution in [0.25, 0.3) is 0 Å². The van der Waals surface area contributed by atoms with Crippen LogP contribution in [-0.2, 0) is 16.1 Å². The van der Waals surface area contributed by atoms with Crippen molar-refractivity contribution in [2.45, 2.75) is 19.4 Å². The molecule has 2 rings (SSSR count). The summed E-state index contributed by atoms with van der Waals surface area (Å²) >= 11 is 0. The second-order valence-corrected chi connectivity index (χ2v) is 4.36. The van der Waals surface area contributed by atoms with Gasteiger partial charge in [-0.3, -0.25) is 9.59 Å². The van der Waals surface area contributed by atoms with Gasteiger partial charge in [-0.15, -0.1) is 0 Å². The van der Waals surface area contributed by atoms with Crippen LogP contribution in [-0.4, -0.2) is 35.5 Å². The summed E-state index contributed by atoms with van der Waals surface area (Å²) < 4.78 is 5.12. The van der Waals surface area contributed by atoms with E-state index in [9.17, 15) is 14.7 Å². The Morgan fingerprint density at radius 2 is 2.17 bits per heavy atom. The Morgan fingerprint density at radius 3 is 2.72 bits per heavy atom. The minimum atomic E-state index is -0.910. The predicted octanol–water partition coefficient (Wildman–Crippen LogP) is 1.23. The van der Waals surface area contributed by atoms with Gasteiger partial charge in [0.2, 0.25) is 5.91 Å². The fourth-order valence-corrected chi connectivity index (χ4v) is 2.23. The Balaban J connectivity index is 2.44. The van der Waals surface area contributed by atoms with Gasteiger partial charge in [0.1, 0.15) is 5.75 Å². The Bertz CT molecular complexity index is 498. The van der Waals surface area contributed by atoms with Crippen molar-refractivity contribution in [3.05, 3.63) is 29.3 Å². The van der Waals surface area contributed by atoms with Gasteiger partial charge < -0.3 is 14.7 Å². The Morgan fingerprint density at radius 1 is 1.44 bits per heavy atom. The van der Waals surface area contributed by atoms with Crippen molar-refractivity contribution in [2.75, 3.05) is 13.7 Å². The van der Waals surface area contributed by atoms with Crippen molar-refractivity contribution < 1.29 is 19.4 Å². The van der Waals surface area contributed by atoms with Crippen LogP contribution in [0.15, 0.2) is 18.2 Å². The smallest absolute Gasteiger partial charge is 0.312 e. The largest absolute Gasteiger partial charge is 0.497 e.